The Morgan fingerprint density at radius 1 is 1.38 bits per heavy atom. The van der Waals surface area contributed by atoms with Crippen LogP contribution in [0.4, 0.5) is 14.5 Å². The number of para-hydroxylation sites is 1. The van der Waals surface area contributed by atoms with Gasteiger partial charge >= 0.3 is 11.7 Å². The summed E-state index contributed by atoms with van der Waals surface area (Å²) in [5.74, 6) is -4.23. The average molecular weight is 319 g/mol. The number of nitrogens with zero attached hydrogens (tertiary/aromatic N) is 1. The molecule has 1 aromatic rings. The van der Waals surface area contributed by atoms with Crippen molar-refractivity contribution >= 4 is 21.5 Å². The lowest BCUT2D eigenvalue weighted by Gasteiger charge is -2.21. The van der Waals surface area contributed by atoms with Gasteiger partial charge in [-0.15, -0.1) is 0 Å². The number of sulfone groups is 1. The monoisotopic (exact) mass is 319 g/mol. The topological polar surface area (TPSA) is 63.7 Å². The molecule has 1 fully saturated rings. The third-order valence-electron chi connectivity index (χ3n) is 3.47. The molecular formula is C13H15F2NO4S. The number of ether oxygens (including phenoxy) is 1. The molecule has 0 amide bonds. The number of carbonyl (C=O) groups excluding carboxylic acids is 1. The minimum atomic E-state index is -4.68. The van der Waals surface area contributed by atoms with E-state index < -0.39 is 20.5 Å². The van der Waals surface area contributed by atoms with Crippen LogP contribution in [0.5, 0.6) is 0 Å². The Labute approximate surface area is 121 Å². The van der Waals surface area contributed by atoms with Gasteiger partial charge in [0.2, 0.25) is 9.84 Å². The average Bonchev–Trinajstić information content (AvgIpc) is 2.96. The molecule has 1 aliphatic rings. The first kappa shape index (κ1) is 15.7. The fourth-order valence-corrected chi connectivity index (χ4v) is 3.34. The Balaban J connectivity index is 2.33. The van der Waals surface area contributed by atoms with Gasteiger partial charge in [0.15, 0.2) is 0 Å². The zero-order chi connectivity index (χ0) is 15.6. The molecule has 1 aliphatic heterocycles. The zero-order valence-corrected chi connectivity index (χ0v) is 12.1. The van der Waals surface area contributed by atoms with E-state index in [-0.39, 0.29) is 24.1 Å². The fraction of sp³-hybridized carbons (Fsp3) is 0.462. The molecular weight excluding hydrogens is 304 g/mol. The number of benzene rings is 1. The molecule has 1 saturated heterocycles. The normalized spacial score (nSPS) is 19.0. The number of methoxy groups -OCH3 is 1. The fourth-order valence-electron chi connectivity index (χ4n) is 2.39. The maximum Gasteiger partial charge on any atom is 0.341 e. The molecule has 1 aromatic carbocycles. The Kier molecular flexibility index (Phi) is 4.46. The number of hydrogen-bond acceptors (Lipinski definition) is 5. The van der Waals surface area contributed by atoms with Crippen molar-refractivity contribution in [1.82, 2.24) is 0 Å². The van der Waals surface area contributed by atoms with Crippen LogP contribution in [0.1, 0.15) is 6.42 Å². The molecule has 0 radical (unpaired) electrons. The molecule has 5 nitrogen and oxygen atoms in total. The second-order valence-corrected chi connectivity index (χ2v) is 6.61. The summed E-state index contributed by atoms with van der Waals surface area (Å²) in [7, 11) is -3.40. The zero-order valence-electron chi connectivity index (χ0n) is 11.3. The third-order valence-corrected chi connectivity index (χ3v) is 4.90. The lowest BCUT2D eigenvalue weighted by atomic mass is 10.1. The van der Waals surface area contributed by atoms with Gasteiger partial charge in [0.1, 0.15) is 0 Å². The minimum absolute atomic E-state index is 0.198. The van der Waals surface area contributed by atoms with Crippen LogP contribution < -0.4 is 4.90 Å². The van der Waals surface area contributed by atoms with E-state index in [4.69, 9.17) is 0 Å². The van der Waals surface area contributed by atoms with Crippen LogP contribution in [0, 0.1) is 5.92 Å². The molecule has 2 rings (SSSR count). The predicted molar refractivity (Wildman–Crippen MR) is 72.0 cm³/mol. The molecule has 1 unspecified atom stereocenters. The molecule has 0 N–H and O–H groups in total. The predicted octanol–water partition coefficient (Wildman–Crippen LogP) is 1.68. The molecule has 8 heteroatoms. The number of hydrogen-bond donors (Lipinski definition) is 0. The van der Waals surface area contributed by atoms with Crippen LogP contribution in [0.3, 0.4) is 0 Å². The summed E-state index contributed by atoms with van der Waals surface area (Å²) < 4.78 is 53.6. The molecule has 0 aromatic heterocycles. The molecule has 116 valence electrons. The Morgan fingerprint density at radius 3 is 2.67 bits per heavy atom. The van der Waals surface area contributed by atoms with Gasteiger partial charge in [0.05, 0.1) is 23.6 Å². The highest BCUT2D eigenvalue weighted by molar-refractivity contribution is 7.91. The number of anilines is 1. The maximum atomic E-state index is 12.7. The number of alkyl halides is 2. The van der Waals surface area contributed by atoms with Crippen LogP contribution in [0.15, 0.2) is 29.2 Å². The van der Waals surface area contributed by atoms with Crippen molar-refractivity contribution in [3.05, 3.63) is 24.3 Å². The van der Waals surface area contributed by atoms with E-state index in [1.807, 2.05) is 0 Å². The van der Waals surface area contributed by atoms with Crippen molar-refractivity contribution in [2.24, 2.45) is 5.92 Å². The Hall–Kier alpha value is -1.70. The standard InChI is InChI=1S/C13H15F2NO4S/c1-20-12(17)9-6-7-16(8-9)10-4-2-3-5-11(10)21(18,19)13(14)15/h2-5,9,13H,6-8H2,1H3. The summed E-state index contributed by atoms with van der Waals surface area (Å²) in [6.07, 6.45) is 0.496. The van der Waals surface area contributed by atoms with Gasteiger partial charge in [0.25, 0.3) is 0 Å². The minimum Gasteiger partial charge on any atom is -0.469 e. The highest BCUT2D eigenvalue weighted by Crippen LogP contribution is 2.32. The van der Waals surface area contributed by atoms with Crippen molar-refractivity contribution in [3.63, 3.8) is 0 Å². The molecule has 0 spiro atoms. The molecule has 0 aliphatic carbocycles. The Bertz CT molecular complexity index is 633. The number of esters is 1. The number of carbonyl (C=O) groups is 1. The third kappa shape index (κ3) is 2.99. The van der Waals surface area contributed by atoms with Crippen LogP contribution in [0.2, 0.25) is 0 Å². The summed E-state index contributed by atoms with van der Waals surface area (Å²) in [6, 6.07) is 5.59. The lowest BCUT2D eigenvalue weighted by Crippen LogP contribution is -2.25. The molecule has 0 saturated carbocycles. The van der Waals surface area contributed by atoms with E-state index in [0.29, 0.717) is 13.0 Å². The van der Waals surface area contributed by atoms with E-state index in [1.165, 1.54) is 19.2 Å². The van der Waals surface area contributed by atoms with Crippen molar-refractivity contribution in [3.8, 4) is 0 Å². The summed E-state index contributed by atoms with van der Waals surface area (Å²) in [5.41, 5.74) is 0.198. The van der Waals surface area contributed by atoms with Crippen molar-refractivity contribution in [2.75, 3.05) is 25.1 Å². The highest BCUT2D eigenvalue weighted by atomic mass is 32.2. The maximum absolute atomic E-state index is 12.7. The van der Waals surface area contributed by atoms with Crippen LogP contribution >= 0.6 is 0 Å². The van der Waals surface area contributed by atoms with E-state index in [1.54, 1.807) is 11.0 Å². The number of rotatable bonds is 4. The van der Waals surface area contributed by atoms with E-state index >= 15 is 0 Å². The first-order valence-electron chi connectivity index (χ1n) is 6.31. The van der Waals surface area contributed by atoms with Crippen LogP contribution in [-0.2, 0) is 19.4 Å². The molecule has 1 atom stereocenters. The largest absolute Gasteiger partial charge is 0.469 e. The van der Waals surface area contributed by atoms with E-state index in [0.717, 1.165) is 6.07 Å². The summed E-state index contributed by atoms with van der Waals surface area (Å²) in [4.78, 5) is 12.7. The van der Waals surface area contributed by atoms with Gasteiger partial charge in [-0.2, -0.15) is 8.78 Å². The van der Waals surface area contributed by atoms with Crippen molar-refractivity contribution in [2.45, 2.75) is 17.1 Å². The first-order valence-corrected chi connectivity index (χ1v) is 7.86. The quantitative estimate of drug-likeness (QED) is 0.790. The van der Waals surface area contributed by atoms with E-state index in [9.17, 15) is 22.0 Å². The van der Waals surface area contributed by atoms with Gasteiger partial charge < -0.3 is 9.64 Å². The molecule has 21 heavy (non-hydrogen) atoms. The van der Waals surface area contributed by atoms with Gasteiger partial charge in [-0.3, -0.25) is 4.79 Å². The smallest absolute Gasteiger partial charge is 0.341 e. The van der Waals surface area contributed by atoms with Gasteiger partial charge in [-0.1, -0.05) is 12.1 Å². The van der Waals surface area contributed by atoms with E-state index in [2.05, 4.69) is 4.74 Å². The lowest BCUT2D eigenvalue weighted by molar-refractivity contribution is -0.144. The second kappa shape index (κ2) is 5.97. The molecule has 0 bridgehead atoms. The first-order chi connectivity index (χ1) is 9.87. The van der Waals surface area contributed by atoms with Gasteiger partial charge in [-0.05, 0) is 18.6 Å². The van der Waals surface area contributed by atoms with Gasteiger partial charge in [0, 0.05) is 13.1 Å². The number of halogens is 2. The Morgan fingerprint density at radius 2 is 2.05 bits per heavy atom. The van der Waals surface area contributed by atoms with Crippen LogP contribution in [-0.4, -0.2) is 40.3 Å². The second-order valence-electron chi connectivity index (χ2n) is 4.73. The highest BCUT2D eigenvalue weighted by Gasteiger charge is 2.34. The van der Waals surface area contributed by atoms with Gasteiger partial charge in [-0.25, -0.2) is 8.42 Å². The SMILES string of the molecule is COC(=O)C1CCN(c2ccccc2S(=O)(=O)C(F)F)C1. The van der Waals surface area contributed by atoms with Crippen molar-refractivity contribution in [1.29, 1.82) is 0 Å². The summed E-state index contributed by atoms with van der Waals surface area (Å²) >= 11 is 0. The summed E-state index contributed by atoms with van der Waals surface area (Å²) in [6.45, 7) is 0.665. The summed E-state index contributed by atoms with van der Waals surface area (Å²) in [5, 5.41) is 0. The van der Waals surface area contributed by atoms with Crippen molar-refractivity contribution < 1.29 is 26.7 Å². The van der Waals surface area contributed by atoms with Crippen LogP contribution in [0.25, 0.3) is 0 Å². The molecule has 1 heterocycles.